The average Bonchev–Trinajstić information content (AvgIpc) is 2.41. The molecule has 18 heavy (non-hydrogen) atoms. The van der Waals surface area contributed by atoms with Gasteiger partial charge in [-0.25, -0.2) is 0 Å². The zero-order chi connectivity index (χ0) is 13.1. The molecule has 1 heterocycles. The highest BCUT2D eigenvalue weighted by molar-refractivity contribution is 5.99. The summed E-state index contributed by atoms with van der Waals surface area (Å²) in [6.07, 6.45) is 1.59. The predicted molar refractivity (Wildman–Crippen MR) is 67.3 cm³/mol. The monoisotopic (exact) mass is 245 g/mol. The summed E-state index contributed by atoms with van der Waals surface area (Å²) in [5.41, 5.74) is 6.95. The first-order chi connectivity index (χ1) is 8.67. The highest BCUT2D eigenvalue weighted by Gasteiger charge is 2.28. The Kier molecular flexibility index (Phi) is 3.49. The molecule has 0 aliphatic carbocycles. The van der Waals surface area contributed by atoms with Crippen LogP contribution >= 0.6 is 0 Å². The van der Waals surface area contributed by atoms with Crippen molar-refractivity contribution in [2.75, 3.05) is 18.6 Å². The third kappa shape index (κ3) is 2.15. The summed E-state index contributed by atoms with van der Waals surface area (Å²) >= 11 is 0. The Labute approximate surface area is 106 Å². The molecular weight excluding hydrogens is 230 g/mol. The van der Waals surface area contributed by atoms with Crippen LogP contribution < -0.4 is 15.4 Å². The molecule has 1 fully saturated rings. The number of nitrogens with two attached hydrogens (primary N) is 1. The third-order valence-corrected chi connectivity index (χ3v) is 3.08. The molecule has 2 rings (SSSR count). The van der Waals surface area contributed by atoms with Gasteiger partial charge in [0.15, 0.2) is 0 Å². The molecule has 1 unspecified atom stereocenters. The fourth-order valence-electron chi connectivity index (χ4n) is 2.11. The van der Waals surface area contributed by atoms with Gasteiger partial charge in [-0.2, -0.15) is 5.26 Å². The van der Waals surface area contributed by atoms with Crippen LogP contribution in [0.15, 0.2) is 18.2 Å². The Morgan fingerprint density at radius 1 is 1.56 bits per heavy atom. The van der Waals surface area contributed by atoms with Crippen LogP contribution in [0.25, 0.3) is 0 Å². The molecule has 0 bridgehead atoms. The molecule has 94 valence electrons. The maximum Gasteiger partial charge on any atom is 0.244 e. The van der Waals surface area contributed by atoms with Crippen molar-refractivity contribution >= 4 is 11.6 Å². The standard InChI is InChI=1S/C13H15N3O2/c1-18-12-7-9(8-14)4-5-11(12)16-6-2-3-10(15)13(16)17/h4-5,7,10H,2-3,6,15H2,1H3. The van der Waals surface area contributed by atoms with Crippen LogP contribution in [-0.4, -0.2) is 25.6 Å². The van der Waals surface area contributed by atoms with E-state index in [2.05, 4.69) is 0 Å². The lowest BCUT2D eigenvalue weighted by atomic mass is 10.0. The second-order valence-electron chi connectivity index (χ2n) is 4.24. The Morgan fingerprint density at radius 3 is 3.00 bits per heavy atom. The van der Waals surface area contributed by atoms with Gasteiger partial charge in [0.1, 0.15) is 5.75 Å². The first-order valence-corrected chi connectivity index (χ1v) is 5.82. The molecule has 1 aromatic rings. The van der Waals surface area contributed by atoms with E-state index in [-0.39, 0.29) is 5.91 Å². The van der Waals surface area contributed by atoms with Crippen LogP contribution in [-0.2, 0) is 4.79 Å². The van der Waals surface area contributed by atoms with Crippen LogP contribution in [0.1, 0.15) is 18.4 Å². The van der Waals surface area contributed by atoms with Gasteiger partial charge < -0.3 is 15.4 Å². The maximum absolute atomic E-state index is 12.0. The summed E-state index contributed by atoms with van der Waals surface area (Å²) < 4.78 is 5.24. The van der Waals surface area contributed by atoms with Crippen molar-refractivity contribution in [3.8, 4) is 11.8 Å². The molecule has 0 radical (unpaired) electrons. The first kappa shape index (κ1) is 12.4. The number of methoxy groups -OCH3 is 1. The van der Waals surface area contributed by atoms with Gasteiger partial charge in [0.2, 0.25) is 5.91 Å². The number of rotatable bonds is 2. The molecule has 0 spiro atoms. The number of anilines is 1. The Balaban J connectivity index is 2.38. The van der Waals surface area contributed by atoms with E-state index in [4.69, 9.17) is 15.7 Å². The predicted octanol–water partition coefficient (Wildman–Crippen LogP) is 1.02. The lowest BCUT2D eigenvalue weighted by molar-refractivity contribution is -0.120. The van der Waals surface area contributed by atoms with Crippen molar-refractivity contribution in [1.29, 1.82) is 5.26 Å². The summed E-state index contributed by atoms with van der Waals surface area (Å²) in [5, 5.41) is 8.85. The molecule has 1 aliphatic rings. The zero-order valence-electron chi connectivity index (χ0n) is 10.2. The number of piperidine rings is 1. The van der Waals surface area contributed by atoms with Crippen LogP contribution in [0, 0.1) is 11.3 Å². The second kappa shape index (κ2) is 5.07. The van der Waals surface area contributed by atoms with Crippen LogP contribution in [0.2, 0.25) is 0 Å². The molecule has 5 heteroatoms. The largest absolute Gasteiger partial charge is 0.495 e. The van der Waals surface area contributed by atoms with Crippen LogP contribution in [0.5, 0.6) is 5.75 Å². The second-order valence-corrected chi connectivity index (χ2v) is 4.24. The third-order valence-electron chi connectivity index (χ3n) is 3.08. The Bertz CT molecular complexity index is 507. The van der Waals surface area contributed by atoms with Gasteiger partial charge in [-0.15, -0.1) is 0 Å². The van der Waals surface area contributed by atoms with E-state index < -0.39 is 6.04 Å². The van der Waals surface area contributed by atoms with E-state index in [9.17, 15) is 4.79 Å². The number of nitrogens with zero attached hydrogens (tertiary/aromatic N) is 2. The molecule has 1 aliphatic heterocycles. The smallest absolute Gasteiger partial charge is 0.244 e. The number of carbonyl (C=O) groups is 1. The van der Waals surface area contributed by atoms with Crippen molar-refractivity contribution in [2.45, 2.75) is 18.9 Å². The van der Waals surface area contributed by atoms with Crippen molar-refractivity contribution in [2.24, 2.45) is 5.73 Å². The summed E-state index contributed by atoms with van der Waals surface area (Å²) in [7, 11) is 1.52. The molecule has 0 aromatic heterocycles. The van der Waals surface area contributed by atoms with E-state index in [1.54, 1.807) is 23.1 Å². The van der Waals surface area contributed by atoms with Gasteiger partial charge in [0.25, 0.3) is 0 Å². The van der Waals surface area contributed by atoms with E-state index >= 15 is 0 Å². The number of benzene rings is 1. The molecule has 1 atom stereocenters. The number of carbonyl (C=O) groups excluding carboxylic acids is 1. The van der Waals surface area contributed by atoms with E-state index in [1.165, 1.54) is 7.11 Å². The molecule has 1 saturated heterocycles. The van der Waals surface area contributed by atoms with Gasteiger partial charge in [-0.3, -0.25) is 4.79 Å². The normalized spacial score (nSPS) is 19.5. The summed E-state index contributed by atoms with van der Waals surface area (Å²) in [6.45, 7) is 0.634. The zero-order valence-corrected chi connectivity index (χ0v) is 10.2. The minimum atomic E-state index is -0.445. The topological polar surface area (TPSA) is 79.3 Å². The van der Waals surface area contributed by atoms with Crippen molar-refractivity contribution in [3.63, 3.8) is 0 Å². The quantitative estimate of drug-likeness (QED) is 0.843. The minimum absolute atomic E-state index is 0.0933. The first-order valence-electron chi connectivity index (χ1n) is 5.82. The minimum Gasteiger partial charge on any atom is -0.495 e. The number of nitriles is 1. The van der Waals surface area contributed by atoms with E-state index in [1.807, 2.05) is 6.07 Å². The molecule has 0 saturated carbocycles. The summed E-state index contributed by atoms with van der Waals surface area (Å²) in [5.74, 6) is 0.431. The number of ether oxygens (including phenoxy) is 1. The summed E-state index contributed by atoms with van der Waals surface area (Å²) in [6, 6.07) is 6.63. The van der Waals surface area contributed by atoms with Crippen molar-refractivity contribution in [1.82, 2.24) is 0 Å². The summed E-state index contributed by atoms with van der Waals surface area (Å²) in [4.78, 5) is 13.7. The maximum atomic E-state index is 12.0. The number of amides is 1. The highest BCUT2D eigenvalue weighted by Crippen LogP contribution is 2.31. The van der Waals surface area contributed by atoms with Gasteiger partial charge in [0.05, 0.1) is 30.5 Å². The van der Waals surface area contributed by atoms with E-state index in [0.717, 1.165) is 6.42 Å². The van der Waals surface area contributed by atoms with Crippen molar-refractivity contribution < 1.29 is 9.53 Å². The number of hydrogen-bond acceptors (Lipinski definition) is 4. The van der Waals surface area contributed by atoms with Crippen molar-refractivity contribution in [3.05, 3.63) is 23.8 Å². The van der Waals surface area contributed by atoms with Gasteiger partial charge in [0, 0.05) is 12.6 Å². The average molecular weight is 245 g/mol. The van der Waals surface area contributed by atoms with E-state index in [0.29, 0.717) is 30.0 Å². The molecular formula is C13H15N3O2. The SMILES string of the molecule is COc1cc(C#N)ccc1N1CCCC(N)C1=O. The fourth-order valence-corrected chi connectivity index (χ4v) is 2.11. The fraction of sp³-hybridized carbons (Fsp3) is 0.385. The van der Waals surface area contributed by atoms with Crippen LogP contribution in [0.3, 0.4) is 0 Å². The van der Waals surface area contributed by atoms with Crippen LogP contribution in [0.4, 0.5) is 5.69 Å². The molecule has 1 amide bonds. The molecule has 5 nitrogen and oxygen atoms in total. The lowest BCUT2D eigenvalue weighted by Crippen LogP contribution is -2.48. The Morgan fingerprint density at radius 2 is 2.33 bits per heavy atom. The van der Waals surface area contributed by atoms with Gasteiger partial charge >= 0.3 is 0 Å². The molecule has 1 aromatic carbocycles. The Hall–Kier alpha value is -2.06. The van der Waals surface area contributed by atoms with Gasteiger partial charge in [-0.1, -0.05) is 0 Å². The van der Waals surface area contributed by atoms with Gasteiger partial charge in [-0.05, 0) is 25.0 Å². The lowest BCUT2D eigenvalue weighted by Gasteiger charge is -2.31. The molecule has 2 N–H and O–H groups in total. The number of hydrogen-bond donors (Lipinski definition) is 1. The highest BCUT2D eigenvalue weighted by atomic mass is 16.5.